The van der Waals surface area contributed by atoms with Gasteiger partial charge < -0.3 is 15.5 Å². The van der Waals surface area contributed by atoms with Gasteiger partial charge in [-0.05, 0) is 50.5 Å². The zero-order chi connectivity index (χ0) is 18.4. The molecule has 134 valence electrons. The van der Waals surface area contributed by atoms with Crippen LogP contribution in [0.1, 0.15) is 16.1 Å². The smallest absolute Gasteiger partial charge is 0.355 e. The molecule has 0 aliphatic carbocycles. The Morgan fingerprint density at radius 2 is 1.80 bits per heavy atom. The molecule has 0 radical (unpaired) electrons. The van der Waals surface area contributed by atoms with Crippen molar-refractivity contribution in [2.75, 3.05) is 32.5 Å². The number of carbonyl (C=O) groups is 1. The third-order valence-corrected chi connectivity index (χ3v) is 3.34. The number of likely N-dealkylation sites (N-methyl/N-ethyl adjacent to an activating group) is 1. The van der Waals surface area contributed by atoms with Crippen molar-refractivity contribution in [3.63, 3.8) is 0 Å². The van der Waals surface area contributed by atoms with Crippen LogP contribution in [0.4, 0.5) is 24.5 Å². The minimum absolute atomic E-state index is 0.232. The average molecular weight is 352 g/mol. The molecule has 0 saturated carbocycles. The lowest BCUT2D eigenvalue weighted by molar-refractivity contribution is -0.137. The summed E-state index contributed by atoms with van der Waals surface area (Å²) in [5, 5.41) is 5.71. The summed E-state index contributed by atoms with van der Waals surface area (Å²) in [7, 11) is 3.80. The Hall–Kier alpha value is -2.61. The fraction of sp³-hybridized carbons (Fsp3) is 0.294. The normalized spacial score (nSPS) is 11.4. The molecule has 1 heterocycles. The summed E-state index contributed by atoms with van der Waals surface area (Å²) < 4.78 is 37.7. The van der Waals surface area contributed by atoms with Gasteiger partial charge in [0.25, 0.3) is 5.91 Å². The first-order valence-electron chi connectivity index (χ1n) is 7.59. The van der Waals surface area contributed by atoms with Crippen LogP contribution in [-0.2, 0) is 6.18 Å². The van der Waals surface area contributed by atoms with Crippen molar-refractivity contribution >= 4 is 17.3 Å². The fourth-order valence-corrected chi connectivity index (χ4v) is 2.03. The molecule has 0 saturated heterocycles. The number of aromatic nitrogens is 1. The van der Waals surface area contributed by atoms with Crippen LogP contribution in [0.25, 0.3) is 0 Å². The maximum absolute atomic E-state index is 12.6. The number of amides is 1. The first kappa shape index (κ1) is 18.7. The Bertz CT molecular complexity index is 715. The Labute approximate surface area is 143 Å². The topological polar surface area (TPSA) is 57.3 Å². The molecule has 0 atom stereocenters. The number of anilines is 2. The van der Waals surface area contributed by atoms with Crippen LogP contribution in [0.5, 0.6) is 0 Å². The second-order valence-corrected chi connectivity index (χ2v) is 5.69. The Balaban J connectivity index is 2.02. The number of halogens is 3. The highest BCUT2D eigenvalue weighted by Crippen LogP contribution is 2.30. The summed E-state index contributed by atoms with van der Waals surface area (Å²) in [6.07, 6.45) is -2.90. The summed E-state index contributed by atoms with van der Waals surface area (Å²) in [6, 6.07) is 7.84. The van der Waals surface area contributed by atoms with Crippen molar-refractivity contribution in [2.45, 2.75) is 6.18 Å². The highest BCUT2D eigenvalue weighted by Gasteiger charge is 2.29. The van der Waals surface area contributed by atoms with E-state index in [0.29, 0.717) is 24.5 Å². The molecule has 0 aliphatic heterocycles. The summed E-state index contributed by atoms with van der Waals surface area (Å²) in [5.74, 6) is -0.307. The molecule has 2 N–H and O–H groups in total. The maximum atomic E-state index is 12.6. The van der Waals surface area contributed by atoms with Gasteiger partial charge >= 0.3 is 6.18 Å². The van der Waals surface area contributed by atoms with Gasteiger partial charge in [-0.25, -0.2) is 0 Å². The van der Waals surface area contributed by atoms with Gasteiger partial charge in [-0.3, -0.25) is 9.78 Å². The van der Waals surface area contributed by atoms with Crippen LogP contribution in [0, 0.1) is 0 Å². The van der Waals surface area contributed by atoms with E-state index in [4.69, 9.17) is 0 Å². The number of pyridine rings is 1. The highest BCUT2D eigenvalue weighted by molar-refractivity contribution is 5.93. The number of nitrogens with zero attached hydrogens (tertiary/aromatic N) is 2. The molecule has 8 heteroatoms. The zero-order valence-electron chi connectivity index (χ0n) is 13.9. The molecule has 0 aliphatic rings. The molecule has 2 rings (SSSR count). The lowest BCUT2D eigenvalue weighted by Gasteiger charge is -2.11. The van der Waals surface area contributed by atoms with Gasteiger partial charge in [0.05, 0.1) is 5.56 Å². The van der Waals surface area contributed by atoms with Crippen LogP contribution in [-0.4, -0.2) is 43.0 Å². The Morgan fingerprint density at radius 3 is 2.40 bits per heavy atom. The van der Waals surface area contributed by atoms with Crippen LogP contribution in [0.3, 0.4) is 0 Å². The van der Waals surface area contributed by atoms with Gasteiger partial charge in [0.2, 0.25) is 0 Å². The van der Waals surface area contributed by atoms with Crippen molar-refractivity contribution in [1.29, 1.82) is 0 Å². The third kappa shape index (κ3) is 5.75. The van der Waals surface area contributed by atoms with Crippen molar-refractivity contribution in [3.8, 4) is 0 Å². The van der Waals surface area contributed by atoms with Crippen LogP contribution >= 0.6 is 0 Å². The maximum Gasteiger partial charge on any atom is 0.416 e. The van der Waals surface area contributed by atoms with Gasteiger partial charge in [0.1, 0.15) is 5.69 Å². The number of alkyl halides is 3. The summed E-state index contributed by atoms with van der Waals surface area (Å²) in [6.45, 7) is 1.19. The van der Waals surface area contributed by atoms with Crippen LogP contribution in [0.2, 0.25) is 0 Å². The minimum Gasteiger partial charge on any atom is -0.355 e. The Morgan fingerprint density at radius 1 is 1.12 bits per heavy atom. The van der Waals surface area contributed by atoms with E-state index in [1.54, 1.807) is 12.1 Å². The molecule has 5 nitrogen and oxygen atoms in total. The minimum atomic E-state index is -4.37. The predicted molar refractivity (Wildman–Crippen MR) is 89.9 cm³/mol. The molecule has 1 amide bonds. The van der Waals surface area contributed by atoms with E-state index in [9.17, 15) is 18.0 Å². The fourth-order valence-electron chi connectivity index (χ4n) is 2.03. The first-order chi connectivity index (χ1) is 11.8. The number of hydrogen-bond acceptors (Lipinski definition) is 4. The SMILES string of the molecule is CN(C)CCNC(=O)c1cc(Nc2ccc(C(F)(F)F)cc2)ccn1. The summed E-state index contributed by atoms with van der Waals surface area (Å²) in [5.41, 5.74) is 0.565. The molecule has 1 aromatic heterocycles. The van der Waals surface area contributed by atoms with Gasteiger partial charge in [-0.2, -0.15) is 13.2 Å². The van der Waals surface area contributed by atoms with E-state index in [2.05, 4.69) is 15.6 Å². The van der Waals surface area contributed by atoms with E-state index >= 15 is 0 Å². The van der Waals surface area contributed by atoms with Gasteiger partial charge in [-0.1, -0.05) is 0 Å². The Kier molecular flexibility index (Phi) is 5.97. The van der Waals surface area contributed by atoms with Crippen molar-refractivity contribution in [1.82, 2.24) is 15.2 Å². The van der Waals surface area contributed by atoms with E-state index in [1.807, 2.05) is 19.0 Å². The molecule has 1 aromatic carbocycles. The highest BCUT2D eigenvalue weighted by atomic mass is 19.4. The molecule has 0 unspecified atom stereocenters. The monoisotopic (exact) mass is 352 g/mol. The molecule has 0 bridgehead atoms. The number of hydrogen-bond donors (Lipinski definition) is 2. The number of nitrogens with one attached hydrogen (secondary N) is 2. The second kappa shape index (κ2) is 7.98. The summed E-state index contributed by atoms with van der Waals surface area (Å²) in [4.78, 5) is 18.0. The molecule has 2 aromatic rings. The number of carbonyl (C=O) groups excluding carboxylic acids is 1. The predicted octanol–water partition coefficient (Wildman–Crippen LogP) is 3.14. The van der Waals surface area contributed by atoms with Gasteiger partial charge in [0, 0.05) is 30.7 Å². The van der Waals surface area contributed by atoms with Crippen molar-refractivity contribution < 1.29 is 18.0 Å². The third-order valence-electron chi connectivity index (χ3n) is 3.34. The first-order valence-corrected chi connectivity index (χ1v) is 7.59. The molecular formula is C17H19F3N4O. The zero-order valence-corrected chi connectivity index (χ0v) is 13.9. The molecule has 25 heavy (non-hydrogen) atoms. The van der Waals surface area contributed by atoms with E-state index in [0.717, 1.165) is 12.1 Å². The quantitative estimate of drug-likeness (QED) is 0.839. The average Bonchev–Trinajstić information content (AvgIpc) is 2.54. The largest absolute Gasteiger partial charge is 0.416 e. The molecule has 0 spiro atoms. The van der Waals surface area contributed by atoms with E-state index in [-0.39, 0.29) is 11.6 Å². The number of rotatable bonds is 6. The molecule has 0 fully saturated rings. The van der Waals surface area contributed by atoms with Crippen LogP contribution < -0.4 is 10.6 Å². The van der Waals surface area contributed by atoms with Crippen molar-refractivity contribution in [3.05, 3.63) is 53.9 Å². The lowest BCUT2D eigenvalue weighted by atomic mass is 10.2. The van der Waals surface area contributed by atoms with Crippen LogP contribution in [0.15, 0.2) is 42.6 Å². The van der Waals surface area contributed by atoms with E-state index in [1.165, 1.54) is 18.3 Å². The summed E-state index contributed by atoms with van der Waals surface area (Å²) >= 11 is 0. The molecular weight excluding hydrogens is 333 g/mol. The second-order valence-electron chi connectivity index (χ2n) is 5.69. The number of benzene rings is 1. The van der Waals surface area contributed by atoms with Gasteiger partial charge in [0.15, 0.2) is 0 Å². The van der Waals surface area contributed by atoms with Crippen molar-refractivity contribution in [2.24, 2.45) is 0 Å². The standard InChI is InChI=1S/C17H19F3N4O/c1-24(2)10-9-22-16(25)15-11-14(7-8-21-15)23-13-5-3-12(4-6-13)17(18,19)20/h3-8,11H,9-10H2,1-2H3,(H,21,23)(H,22,25). The lowest BCUT2D eigenvalue weighted by Crippen LogP contribution is -2.31. The van der Waals surface area contributed by atoms with Gasteiger partial charge in [-0.15, -0.1) is 0 Å². The van der Waals surface area contributed by atoms with E-state index < -0.39 is 11.7 Å².